The van der Waals surface area contributed by atoms with Crippen LogP contribution < -0.4 is 5.11 Å². The van der Waals surface area contributed by atoms with Crippen molar-refractivity contribution < 1.29 is 38.2 Å². The highest BCUT2D eigenvalue weighted by atomic mass is 16.6. The largest absolute Gasteiger partial charge is 0.544 e. The number of carboxylic acid groups (broad SMARTS) is 1. The van der Waals surface area contributed by atoms with E-state index in [-0.39, 0.29) is 42.7 Å². The Morgan fingerprint density at radius 2 is 0.931 bits per heavy atom. The van der Waals surface area contributed by atoms with Crippen LogP contribution in [-0.2, 0) is 28.6 Å². The molecule has 0 spiro atoms. The standard InChI is InChI=1S/C50H89NO7/c1-6-8-10-12-14-16-18-20-22-24-25-27-28-30-32-34-36-38-40-48(52)57-45-46(44-56-43-42-47(50(54)55)51(3,4)5)58-49(53)41-39-37-35-33-31-29-26-23-21-19-17-15-13-11-9-7-2/h18,20,22-27,46-47H,6-17,19,21,28-45H2,1-5H3/b20-18+,24-22+,26-23+,27-25+. The first kappa shape index (κ1) is 55.3. The fraction of sp³-hybridized carbons (Fsp3) is 0.780. The van der Waals surface area contributed by atoms with Crippen molar-refractivity contribution in [3.05, 3.63) is 48.6 Å². The molecule has 0 aromatic heterocycles. The summed E-state index contributed by atoms with van der Waals surface area (Å²) in [6.07, 6.45) is 48.4. The lowest BCUT2D eigenvalue weighted by Crippen LogP contribution is -2.55. The van der Waals surface area contributed by atoms with Crippen molar-refractivity contribution in [2.24, 2.45) is 0 Å². The minimum atomic E-state index is -1.13. The quantitative estimate of drug-likeness (QED) is 0.0199. The van der Waals surface area contributed by atoms with Crippen LogP contribution in [-0.4, -0.2) is 75.5 Å². The van der Waals surface area contributed by atoms with Crippen LogP contribution in [0.15, 0.2) is 48.6 Å². The highest BCUT2D eigenvalue weighted by molar-refractivity contribution is 5.70. The van der Waals surface area contributed by atoms with Gasteiger partial charge in [0, 0.05) is 19.3 Å². The lowest BCUT2D eigenvalue weighted by Gasteiger charge is -2.34. The molecule has 336 valence electrons. The fourth-order valence-electron chi connectivity index (χ4n) is 6.77. The van der Waals surface area contributed by atoms with E-state index in [1.54, 1.807) is 21.1 Å². The maximum atomic E-state index is 12.7. The summed E-state index contributed by atoms with van der Waals surface area (Å²) in [5, 5.41) is 11.6. The minimum Gasteiger partial charge on any atom is -0.544 e. The molecule has 0 aliphatic heterocycles. The molecule has 0 fully saturated rings. The minimum absolute atomic E-state index is 0.0303. The molecule has 0 N–H and O–H groups in total. The van der Waals surface area contributed by atoms with Crippen molar-refractivity contribution in [2.75, 3.05) is 41.0 Å². The lowest BCUT2D eigenvalue weighted by molar-refractivity contribution is -0.889. The molecule has 0 saturated heterocycles. The number of ether oxygens (including phenoxy) is 3. The predicted molar refractivity (Wildman–Crippen MR) is 240 cm³/mol. The summed E-state index contributed by atoms with van der Waals surface area (Å²) < 4.78 is 17.2. The number of unbranched alkanes of at least 4 members (excludes halogenated alkanes) is 22. The zero-order valence-electron chi connectivity index (χ0n) is 38.2. The average Bonchev–Trinajstić information content (AvgIpc) is 3.18. The summed E-state index contributed by atoms with van der Waals surface area (Å²) in [5.74, 6) is -1.77. The van der Waals surface area contributed by atoms with Gasteiger partial charge in [-0.1, -0.05) is 165 Å². The van der Waals surface area contributed by atoms with Gasteiger partial charge < -0.3 is 28.6 Å². The Bertz CT molecular complexity index is 1090. The first-order valence-corrected chi connectivity index (χ1v) is 23.7. The Balaban J connectivity index is 4.36. The van der Waals surface area contributed by atoms with Crippen molar-refractivity contribution in [1.29, 1.82) is 0 Å². The van der Waals surface area contributed by atoms with Crippen LogP contribution in [0, 0.1) is 0 Å². The van der Waals surface area contributed by atoms with Crippen LogP contribution >= 0.6 is 0 Å². The van der Waals surface area contributed by atoms with Gasteiger partial charge in [-0.3, -0.25) is 9.59 Å². The van der Waals surface area contributed by atoms with Crippen LogP contribution in [0.5, 0.6) is 0 Å². The second-order valence-corrected chi connectivity index (χ2v) is 17.0. The van der Waals surface area contributed by atoms with Crippen LogP contribution in [0.4, 0.5) is 0 Å². The summed E-state index contributed by atoms with van der Waals surface area (Å²) in [4.78, 5) is 36.9. The second-order valence-electron chi connectivity index (χ2n) is 17.0. The van der Waals surface area contributed by atoms with Gasteiger partial charge >= 0.3 is 11.9 Å². The highest BCUT2D eigenvalue weighted by Gasteiger charge is 2.25. The maximum Gasteiger partial charge on any atom is 0.306 e. The molecule has 0 aliphatic rings. The average molecular weight is 816 g/mol. The zero-order valence-corrected chi connectivity index (χ0v) is 38.2. The number of rotatable bonds is 42. The van der Waals surface area contributed by atoms with Crippen molar-refractivity contribution in [3.8, 4) is 0 Å². The number of allylic oxidation sites excluding steroid dienone is 8. The molecular weight excluding hydrogens is 727 g/mol. The summed E-state index contributed by atoms with van der Waals surface area (Å²) in [7, 11) is 5.40. The lowest BCUT2D eigenvalue weighted by atomic mass is 10.1. The Hall–Kier alpha value is -2.71. The molecule has 2 unspecified atom stereocenters. The number of carbonyl (C=O) groups excluding carboxylic acids is 3. The fourth-order valence-corrected chi connectivity index (χ4v) is 6.77. The van der Waals surface area contributed by atoms with Crippen LogP contribution in [0.25, 0.3) is 0 Å². The smallest absolute Gasteiger partial charge is 0.306 e. The van der Waals surface area contributed by atoms with Gasteiger partial charge in [-0.25, -0.2) is 0 Å². The van der Waals surface area contributed by atoms with Gasteiger partial charge in [0.2, 0.25) is 0 Å². The number of carboxylic acids is 1. The molecule has 0 aliphatic carbocycles. The van der Waals surface area contributed by atoms with E-state index in [9.17, 15) is 19.5 Å². The topological polar surface area (TPSA) is 102 Å². The summed E-state index contributed by atoms with van der Waals surface area (Å²) in [5.41, 5.74) is 0. The normalized spacial score (nSPS) is 13.3. The number of hydrogen-bond donors (Lipinski definition) is 0. The molecule has 0 bridgehead atoms. The summed E-state index contributed by atoms with van der Waals surface area (Å²) in [6.45, 7) is 4.62. The molecule has 2 atom stereocenters. The summed E-state index contributed by atoms with van der Waals surface area (Å²) >= 11 is 0. The van der Waals surface area contributed by atoms with Crippen molar-refractivity contribution in [1.82, 2.24) is 0 Å². The summed E-state index contributed by atoms with van der Waals surface area (Å²) in [6, 6.07) is -0.731. The van der Waals surface area contributed by atoms with Gasteiger partial charge in [-0.15, -0.1) is 0 Å². The Morgan fingerprint density at radius 3 is 1.38 bits per heavy atom. The van der Waals surface area contributed by atoms with Gasteiger partial charge in [0.15, 0.2) is 6.10 Å². The van der Waals surface area contributed by atoms with Gasteiger partial charge in [-0.05, 0) is 64.2 Å². The molecule has 0 amide bonds. The van der Waals surface area contributed by atoms with E-state index in [0.29, 0.717) is 12.8 Å². The SMILES string of the molecule is CCCCCCC/C=C/C=C/C=C/CCCCCCCC(=O)OCC(COCCC(C(=O)[O-])[N+](C)(C)C)OC(=O)CCCCCCC/C=C/CCCCCCCCC. The highest BCUT2D eigenvalue weighted by Crippen LogP contribution is 2.14. The van der Waals surface area contributed by atoms with E-state index in [0.717, 1.165) is 77.0 Å². The molecular formula is C50H89NO7. The number of hydrogen-bond acceptors (Lipinski definition) is 7. The Kier molecular flexibility index (Phi) is 39.1. The first-order valence-electron chi connectivity index (χ1n) is 23.7. The molecule has 8 nitrogen and oxygen atoms in total. The van der Waals surface area contributed by atoms with Crippen molar-refractivity contribution >= 4 is 17.9 Å². The Labute approximate surface area is 356 Å². The third-order valence-corrected chi connectivity index (χ3v) is 10.5. The van der Waals surface area contributed by atoms with Crippen LogP contribution in [0.1, 0.15) is 200 Å². The molecule has 0 rings (SSSR count). The van der Waals surface area contributed by atoms with E-state index in [1.807, 2.05) is 0 Å². The third kappa shape index (κ3) is 38.8. The van der Waals surface area contributed by atoms with Gasteiger partial charge in [0.1, 0.15) is 12.6 Å². The predicted octanol–water partition coefficient (Wildman–Crippen LogP) is 11.9. The number of nitrogens with zero attached hydrogens (tertiary/aromatic N) is 1. The number of carbonyl (C=O) groups is 3. The second kappa shape index (κ2) is 41.0. The van der Waals surface area contributed by atoms with E-state index in [2.05, 4.69) is 62.5 Å². The third-order valence-electron chi connectivity index (χ3n) is 10.5. The number of quaternary nitrogens is 1. The number of likely N-dealkylation sites (N-methyl/N-ethyl adjacent to an activating group) is 1. The van der Waals surface area contributed by atoms with Gasteiger partial charge in [-0.2, -0.15) is 0 Å². The first-order chi connectivity index (χ1) is 28.1. The van der Waals surface area contributed by atoms with Gasteiger partial charge in [0.25, 0.3) is 0 Å². The monoisotopic (exact) mass is 816 g/mol. The van der Waals surface area contributed by atoms with Crippen molar-refractivity contribution in [3.63, 3.8) is 0 Å². The molecule has 0 radical (unpaired) electrons. The van der Waals surface area contributed by atoms with E-state index in [4.69, 9.17) is 14.2 Å². The van der Waals surface area contributed by atoms with Crippen LogP contribution in [0.3, 0.4) is 0 Å². The molecule has 58 heavy (non-hydrogen) atoms. The number of esters is 2. The zero-order chi connectivity index (χ0) is 42.8. The van der Waals surface area contributed by atoms with Crippen molar-refractivity contribution in [2.45, 2.75) is 212 Å². The molecule has 8 heteroatoms. The molecule has 0 heterocycles. The molecule has 0 aromatic carbocycles. The Morgan fingerprint density at radius 1 is 0.517 bits per heavy atom. The molecule has 0 aromatic rings. The molecule has 0 saturated carbocycles. The van der Waals surface area contributed by atoms with Crippen LogP contribution in [0.2, 0.25) is 0 Å². The van der Waals surface area contributed by atoms with E-state index >= 15 is 0 Å². The number of aliphatic carboxylic acids is 1. The van der Waals surface area contributed by atoms with E-state index in [1.165, 1.54) is 89.9 Å². The van der Waals surface area contributed by atoms with E-state index < -0.39 is 18.1 Å². The maximum absolute atomic E-state index is 12.7. The van der Waals surface area contributed by atoms with Gasteiger partial charge in [0.05, 0.1) is 40.3 Å².